The largest absolute Gasteiger partial charge is 0.459 e. The number of likely N-dealkylation sites (tertiary alicyclic amines) is 1. The highest BCUT2D eigenvalue weighted by molar-refractivity contribution is 5.91. The number of amides is 1. The number of aliphatic hydroxyl groups excluding tert-OH is 2. The zero-order chi connectivity index (χ0) is 25.4. The average molecular weight is 504 g/mol. The molecule has 2 aliphatic heterocycles. The molecule has 1 amide bonds. The molecule has 1 aliphatic carbocycles. The van der Waals surface area contributed by atoms with Crippen LogP contribution in [0.15, 0.2) is 22.8 Å². The van der Waals surface area contributed by atoms with Gasteiger partial charge in [-0.15, -0.1) is 0 Å². The van der Waals surface area contributed by atoms with Crippen molar-refractivity contribution in [1.82, 2.24) is 15.1 Å². The Kier molecular flexibility index (Phi) is 10.3. The lowest BCUT2D eigenvalue weighted by atomic mass is 9.68. The summed E-state index contributed by atoms with van der Waals surface area (Å²) < 4.78 is 5.51. The third-order valence-corrected chi connectivity index (χ3v) is 9.36. The minimum atomic E-state index is 0.0219. The van der Waals surface area contributed by atoms with E-state index in [-0.39, 0.29) is 37.2 Å². The molecule has 0 aromatic carbocycles. The van der Waals surface area contributed by atoms with E-state index in [1.807, 2.05) is 0 Å². The number of furan rings is 1. The summed E-state index contributed by atoms with van der Waals surface area (Å²) in [6.07, 6.45) is 15.6. The SMILES string of the molecule is CC1CCC(N(C(=O)c2ccco2)C2CCN(CCC3(CCC(CO)CO)CCCCC3)CC2)NC1. The molecule has 0 radical (unpaired) electrons. The van der Waals surface area contributed by atoms with E-state index in [4.69, 9.17) is 4.42 Å². The maximum atomic E-state index is 13.5. The lowest BCUT2D eigenvalue weighted by Gasteiger charge is -2.45. The number of hydrogen-bond donors (Lipinski definition) is 3. The van der Waals surface area contributed by atoms with Gasteiger partial charge in [0.25, 0.3) is 5.91 Å². The van der Waals surface area contributed by atoms with Gasteiger partial charge in [0.1, 0.15) is 0 Å². The Morgan fingerprint density at radius 2 is 1.89 bits per heavy atom. The van der Waals surface area contributed by atoms with Crippen LogP contribution in [-0.4, -0.2) is 77.5 Å². The highest BCUT2D eigenvalue weighted by Gasteiger charge is 2.37. The van der Waals surface area contributed by atoms with E-state index in [1.165, 1.54) is 38.5 Å². The lowest BCUT2D eigenvalue weighted by Crippen LogP contribution is -2.58. The van der Waals surface area contributed by atoms with Gasteiger partial charge in [0.15, 0.2) is 5.76 Å². The van der Waals surface area contributed by atoms with E-state index in [0.717, 1.165) is 64.7 Å². The highest BCUT2D eigenvalue weighted by atomic mass is 16.3. The zero-order valence-corrected chi connectivity index (χ0v) is 22.4. The van der Waals surface area contributed by atoms with Crippen molar-refractivity contribution >= 4 is 5.91 Å². The standard InChI is InChI=1S/C29H49N3O4/c1-23-7-8-27(30-20-23)32(28(35)26-6-5-19-36-26)25-10-16-31(17-11-25)18-15-29(12-3-2-4-13-29)14-9-24(21-33)22-34/h5-6,19,23-25,27,30,33-34H,2-4,7-18,20-22H2,1H3. The van der Waals surface area contributed by atoms with Crippen LogP contribution in [0.4, 0.5) is 0 Å². The van der Waals surface area contributed by atoms with Crippen molar-refractivity contribution in [2.75, 3.05) is 39.4 Å². The number of rotatable bonds is 11. The van der Waals surface area contributed by atoms with Crippen LogP contribution in [0.2, 0.25) is 0 Å². The van der Waals surface area contributed by atoms with E-state index in [0.29, 0.717) is 17.1 Å². The first-order chi connectivity index (χ1) is 17.5. The molecule has 3 N–H and O–H groups in total. The molecule has 1 aromatic rings. The molecule has 3 fully saturated rings. The molecule has 7 heteroatoms. The normalized spacial score (nSPS) is 25.8. The van der Waals surface area contributed by atoms with Crippen molar-refractivity contribution in [3.8, 4) is 0 Å². The fraction of sp³-hybridized carbons (Fsp3) is 0.828. The molecule has 0 spiro atoms. The van der Waals surface area contributed by atoms with Crippen LogP contribution in [-0.2, 0) is 0 Å². The fourth-order valence-corrected chi connectivity index (χ4v) is 6.80. The molecule has 1 saturated carbocycles. The van der Waals surface area contributed by atoms with Gasteiger partial charge < -0.3 is 24.4 Å². The summed E-state index contributed by atoms with van der Waals surface area (Å²) in [7, 11) is 0. The Balaban J connectivity index is 1.33. The maximum absolute atomic E-state index is 13.5. The maximum Gasteiger partial charge on any atom is 0.291 e. The van der Waals surface area contributed by atoms with Gasteiger partial charge >= 0.3 is 0 Å². The van der Waals surface area contributed by atoms with Gasteiger partial charge in [0.2, 0.25) is 0 Å². The molecular formula is C29H49N3O4. The predicted octanol–water partition coefficient (Wildman–Crippen LogP) is 4.25. The number of carbonyl (C=O) groups excluding carboxylic acids is 1. The van der Waals surface area contributed by atoms with Crippen LogP contribution in [0.25, 0.3) is 0 Å². The van der Waals surface area contributed by atoms with Crippen LogP contribution in [0.1, 0.15) is 94.5 Å². The molecule has 36 heavy (non-hydrogen) atoms. The number of carbonyl (C=O) groups is 1. The van der Waals surface area contributed by atoms with Crippen LogP contribution >= 0.6 is 0 Å². The van der Waals surface area contributed by atoms with Gasteiger partial charge in [0, 0.05) is 38.3 Å². The molecule has 3 heterocycles. The van der Waals surface area contributed by atoms with Crippen molar-refractivity contribution in [3.63, 3.8) is 0 Å². The Morgan fingerprint density at radius 3 is 2.50 bits per heavy atom. The molecule has 7 nitrogen and oxygen atoms in total. The summed E-state index contributed by atoms with van der Waals surface area (Å²) in [5, 5.41) is 22.7. The van der Waals surface area contributed by atoms with E-state index < -0.39 is 0 Å². The number of piperidine rings is 2. The molecule has 2 unspecified atom stereocenters. The van der Waals surface area contributed by atoms with Gasteiger partial charge in [-0.2, -0.15) is 0 Å². The summed E-state index contributed by atoms with van der Waals surface area (Å²) in [6.45, 7) is 6.57. The minimum absolute atomic E-state index is 0.0219. The van der Waals surface area contributed by atoms with Crippen molar-refractivity contribution in [2.24, 2.45) is 17.3 Å². The van der Waals surface area contributed by atoms with Crippen molar-refractivity contribution < 1.29 is 19.4 Å². The third kappa shape index (κ3) is 7.12. The second-order valence-corrected chi connectivity index (χ2v) is 11.9. The summed E-state index contributed by atoms with van der Waals surface area (Å²) in [5.41, 5.74) is 0.363. The first-order valence-corrected chi connectivity index (χ1v) is 14.6. The van der Waals surface area contributed by atoms with Crippen LogP contribution in [0.5, 0.6) is 0 Å². The Hall–Kier alpha value is -1.41. The predicted molar refractivity (Wildman–Crippen MR) is 142 cm³/mol. The number of hydrogen-bond acceptors (Lipinski definition) is 6. The van der Waals surface area contributed by atoms with E-state index >= 15 is 0 Å². The minimum Gasteiger partial charge on any atom is -0.459 e. The quantitative estimate of drug-likeness (QED) is 0.418. The van der Waals surface area contributed by atoms with Gasteiger partial charge in [-0.1, -0.05) is 26.2 Å². The Morgan fingerprint density at radius 1 is 1.14 bits per heavy atom. The van der Waals surface area contributed by atoms with Crippen molar-refractivity contribution in [1.29, 1.82) is 0 Å². The number of nitrogens with one attached hydrogen (secondary N) is 1. The summed E-state index contributed by atoms with van der Waals surface area (Å²) in [6, 6.07) is 3.83. The average Bonchev–Trinajstić information content (AvgIpc) is 3.46. The van der Waals surface area contributed by atoms with Gasteiger partial charge in [-0.3, -0.25) is 10.1 Å². The van der Waals surface area contributed by atoms with Gasteiger partial charge in [-0.25, -0.2) is 0 Å². The summed E-state index contributed by atoms with van der Waals surface area (Å²) >= 11 is 0. The zero-order valence-electron chi connectivity index (χ0n) is 22.4. The number of aliphatic hydroxyl groups is 2. The van der Waals surface area contributed by atoms with E-state index in [1.54, 1.807) is 18.4 Å². The lowest BCUT2D eigenvalue weighted by molar-refractivity contribution is 0.0242. The van der Waals surface area contributed by atoms with Crippen LogP contribution < -0.4 is 5.32 Å². The second-order valence-electron chi connectivity index (χ2n) is 11.9. The Bertz CT molecular complexity index is 759. The molecular weight excluding hydrogens is 454 g/mol. The molecule has 2 atom stereocenters. The summed E-state index contributed by atoms with van der Waals surface area (Å²) in [5.74, 6) is 1.14. The second kappa shape index (κ2) is 13.4. The first kappa shape index (κ1) is 27.6. The van der Waals surface area contributed by atoms with Crippen molar-refractivity contribution in [3.05, 3.63) is 24.2 Å². The van der Waals surface area contributed by atoms with Crippen LogP contribution in [0, 0.1) is 17.3 Å². The van der Waals surface area contributed by atoms with E-state index in [9.17, 15) is 15.0 Å². The topological polar surface area (TPSA) is 89.2 Å². The molecule has 2 saturated heterocycles. The molecule has 4 rings (SSSR count). The summed E-state index contributed by atoms with van der Waals surface area (Å²) in [4.78, 5) is 18.2. The Labute approximate surface area is 217 Å². The monoisotopic (exact) mass is 503 g/mol. The smallest absolute Gasteiger partial charge is 0.291 e. The molecule has 204 valence electrons. The van der Waals surface area contributed by atoms with Crippen molar-refractivity contribution in [2.45, 2.75) is 96.2 Å². The molecule has 3 aliphatic rings. The third-order valence-electron chi connectivity index (χ3n) is 9.36. The first-order valence-electron chi connectivity index (χ1n) is 14.6. The fourth-order valence-electron chi connectivity index (χ4n) is 6.80. The highest BCUT2D eigenvalue weighted by Crippen LogP contribution is 2.44. The van der Waals surface area contributed by atoms with Gasteiger partial charge in [-0.05, 0) is 94.3 Å². The van der Waals surface area contributed by atoms with E-state index in [2.05, 4.69) is 22.0 Å². The molecule has 1 aromatic heterocycles. The van der Waals surface area contributed by atoms with Gasteiger partial charge in [0.05, 0.1) is 12.4 Å². The molecule has 0 bridgehead atoms. The van der Waals surface area contributed by atoms with Crippen LogP contribution in [0.3, 0.4) is 0 Å². The number of nitrogens with zero attached hydrogens (tertiary/aromatic N) is 2.